The van der Waals surface area contributed by atoms with E-state index in [4.69, 9.17) is 11.6 Å². The van der Waals surface area contributed by atoms with E-state index < -0.39 is 11.7 Å². The minimum atomic E-state index is -4.44. The number of likely N-dealkylation sites (tertiary alicyclic amines) is 1. The number of hydrogen-bond acceptors (Lipinski definition) is 2. The van der Waals surface area contributed by atoms with Crippen molar-refractivity contribution in [1.29, 1.82) is 0 Å². The summed E-state index contributed by atoms with van der Waals surface area (Å²) in [5.74, 6) is -0.383. The zero-order valence-electron chi connectivity index (χ0n) is 9.25. The van der Waals surface area contributed by atoms with Crippen molar-refractivity contribution in [2.45, 2.75) is 18.0 Å². The van der Waals surface area contributed by atoms with Gasteiger partial charge in [0.2, 0.25) is 0 Å². The molecule has 2 heterocycles. The summed E-state index contributed by atoms with van der Waals surface area (Å²) in [4.78, 5) is 16.9. The Kier molecular flexibility index (Phi) is 3.47. The monoisotopic (exact) mass is 278 g/mol. The van der Waals surface area contributed by atoms with E-state index in [9.17, 15) is 18.0 Å². The first-order valence-corrected chi connectivity index (χ1v) is 5.78. The van der Waals surface area contributed by atoms with Crippen LogP contribution in [0.4, 0.5) is 13.2 Å². The largest absolute Gasteiger partial charge is 0.417 e. The molecule has 0 saturated carbocycles. The number of nitrogens with zero attached hydrogens (tertiary/aromatic N) is 2. The van der Waals surface area contributed by atoms with Crippen LogP contribution in [0.2, 0.25) is 0 Å². The predicted octanol–water partition coefficient (Wildman–Crippen LogP) is 2.55. The molecule has 1 saturated heterocycles. The molecule has 1 aromatic heterocycles. The fourth-order valence-corrected chi connectivity index (χ4v) is 2.02. The lowest BCUT2D eigenvalue weighted by molar-refractivity contribution is -0.137. The summed E-state index contributed by atoms with van der Waals surface area (Å²) in [6.45, 7) is 0.915. The molecule has 0 aliphatic carbocycles. The van der Waals surface area contributed by atoms with Crippen LogP contribution in [0.1, 0.15) is 22.5 Å². The second kappa shape index (κ2) is 4.76. The van der Waals surface area contributed by atoms with Gasteiger partial charge in [0.25, 0.3) is 5.91 Å². The SMILES string of the molecule is O=C(c1ccc(C(F)(F)F)cn1)N1CCC(Cl)C1. The lowest BCUT2D eigenvalue weighted by Gasteiger charge is -2.15. The van der Waals surface area contributed by atoms with Crippen molar-refractivity contribution in [3.63, 3.8) is 0 Å². The average molecular weight is 279 g/mol. The fraction of sp³-hybridized carbons (Fsp3) is 0.455. The van der Waals surface area contributed by atoms with Crippen LogP contribution in [0.25, 0.3) is 0 Å². The first-order valence-electron chi connectivity index (χ1n) is 5.34. The van der Waals surface area contributed by atoms with Gasteiger partial charge in [-0.05, 0) is 18.6 Å². The van der Waals surface area contributed by atoms with Gasteiger partial charge in [0, 0.05) is 19.3 Å². The Hall–Kier alpha value is -1.30. The van der Waals surface area contributed by atoms with Crippen LogP contribution in [0.5, 0.6) is 0 Å². The Morgan fingerprint density at radius 2 is 2.17 bits per heavy atom. The smallest absolute Gasteiger partial charge is 0.336 e. The third kappa shape index (κ3) is 2.75. The van der Waals surface area contributed by atoms with Crippen LogP contribution in [0.3, 0.4) is 0 Å². The molecule has 98 valence electrons. The van der Waals surface area contributed by atoms with Crippen molar-refractivity contribution in [3.05, 3.63) is 29.6 Å². The zero-order valence-corrected chi connectivity index (χ0v) is 10.0. The van der Waals surface area contributed by atoms with E-state index in [1.54, 1.807) is 0 Å². The lowest BCUT2D eigenvalue weighted by atomic mass is 10.2. The maximum absolute atomic E-state index is 12.3. The Morgan fingerprint density at radius 3 is 2.61 bits per heavy atom. The summed E-state index contributed by atoms with van der Waals surface area (Å²) in [5.41, 5.74) is -0.857. The number of alkyl halides is 4. The summed E-state index contributed by atoms with van der Waals surface area (Å²) < 4.78 is 37.0. The van der Waals surface area contributed by atoms with Crippen molar-refractivity contribution in [2.24, 2.45) is 0 Å². The molecule has 1 fully saturated rings. The summed E-state index contributed by atoms with van der Waals surface area (Å²) in [7, 11) is 0. The number of pyridine rings is 1. The Balaban J connectivity index is 2.12. The quantitative estimate of drug-likeness (QED) is 0.740. The molecule has 1 amide bonds. The molecule has 7 heteroatoms. The highest BCUT2D eigenvalue weighted by Crippen LogP contribution is 2.28. The van der Waals surface area contributed by atoms with E-state index in [-0.39, 0.29) is 17.0 Å². The minimum Gasteiger partial charge on any atom is -0.336 e. The van der Waals surface area contributed by atoms with Gasteiger partial charge in [-0.2, -0.15) is 13.2 Å². The normalized spacial score (nSPS) is 20.2. The van der Waals surface area contributed by atoms with Gasteiger partial charge in [0.05, 0.1) is 10.9 Å². The number of hydrogen-bond donors (Lipinski definition) is 0. The van der Waals surface area contributed by atoms with Crippen LogP contribution in [-0.2, 0) is 6.18 Å². The topological polar surface area (TPSA) is 33.2 Å². The van der Waals surface area contributed by atoms with E-state index in [1.165, 1.54) is 4.90 Å². The van der Waals surface area contributed by atoms with Gasteiger partial charge >= 0.3 is 6.18 Å². The molecular weight excluding hydrogens is 269 g/mol. The van der Waals surface area contributed by atoms with E-state index in [2.05, 4.69) is 4.98 Å². The molecule has 1 aliphatic rings. The highest BCUT2D eigenvalue weighted by Gasteiger charge is 2.31. The standard InChI is InChI=1S/C11H10ClF3N2O/c12-8-3-4-17(6-8)10(18)9-2-1-7(5-16-9)11(13,14)15/h1-2,5,8H,3-4,6H2. The van der Waals surface area contributed by atoms with Crippen molar-refractivity contribution in [1.82, 2.24) is 9.88 Å². The molecule has 18 heavy (non-hydrogen) atoms. The third-order valence-electron chi connectivity index (χ3n) is 2.73. The Bertz CT molecular complexity index is 447. The van der Waals surface area contributed by atoms with Crippen LogP contribution in [0, 0.1) is 0 Å². The van der Waals surface area contributed by atoms with Crippen molar-refractivity contribution < 1.29 is 18.0 Å². The number of carbonyl (C=O) groups is 1. The molecule has 0 bridgehead atoms. The van der Waals surface area contributed by atoms with Gasteiger partial charge in [0.1, 0.15) is 5.69 Å². The van der Waals surface area contributed by atoms with Crippen molar-refractivity contribution >= 4 is 17.5 Å². The molecule has 1 aromatic rings. The molecule has 0 radical (unpaired) electrons. The van der Waals surface area contributed by atoms with Crippen LogP contribution < -0.4 is 0 Å². The Labute approximate surface area is 107 Å². The molecule has 0 spiro atoms. The van der Waals surface area contributed by atoms with Crippen LogP contribution >= 0.6 is 11.6 Å². The number of aromatic nitrogens is 1. The second-order valence-electron chi connectivity index (χ2n) is 4.07. The lowest BCUT2D eigenvalue weighted by Crippen LogP contribution is -2.29. The van der Waals surface area contributed by atoms with E-state index in [1.807, 2.05) is 0 Å². The first kappa shape index (κ1) is 13.1. The van der Waals surface area contributed by atoms with Crippen LogP contribution in [0.15, 0.2) is 18.3 Å². The summed E-state index contributed by atoms with van der Waals surface area (Å²) >= 11 is 5.86. The number of rotatable bonds is 1. The van der Waals surface area contributed by atoms with Gasteiger partial charge in [-0.15, -0.1) is 11.6 Å². The zero-order chi connectivity index (χ0) is 13.3. The number of carbonyl (C=O) groups excluding carboxylic acids is 1. The third-order valence-corrected chi connectivity index (χ3v) is 3.08. The summed E-state index contributed by atoms with van der Waals surface area (Å²) in [6, 6.07) is 1.95. The van der Waals surface area contributed by atoms with E-state index in [0.29, 0.717) is 25.7 Å². The van der Waals surface area contributed by atoms with Crippen LogP contribution in [-0.4, -0.2) is 34.3 Å². The fourth-order valence-electron chi connectivity index (χ4n) is 1.75. The van der Waals surface area contributed by atoms with Crippen molar-refractivity contribution in [2.75, 3.05) is 13.1 Å². The van der Waals surface area contributed by atoms with Crippen molar-refractivity contribution in [3.8, 4) is 0 Å². The molecule has 1 unspecified atom stereocenters. The Morgan fingerprint density at radius 1 is 1.44 bits per heavy atom. The highest BCUT2D eigenvalue weighted by molar-refractivity contribution is 6.21. The average Bonchev–Trinajstić information content (AvgIpc) is 2.74. The first-order chi connectivity index (χ1) is 8.38. The van der Waals surface area contributed by atoms with E-state index in [0.717, 1.165) is 12.1 Å². The maximum atomic E-state index is 12.3. The summed E-state index contributed by atoms with van der Waals surface area (Å²) in [5, 5.41) is -0.0941. The maximum Gasteiger partial charge on any atom is 0.417 e. The number of halogens is 4. The molecule has 1 atom stereocenters. The van der Waals surface area contributed by atoms with Gasteiger partial charge in [-0.25, -0.2) is 0 Å². The molecule has 0 N–H and O–H groups in total. The van der Waals surface area contributed by atoms with Gasteiger partial charge < -0.3 is 4.90 Å². The summed E-state index contributed by atoms with van der Waals surface area (Å²) in [6.07, 6.45) is -3.08. The van der Waals surface area contributed by atoms with Gasteiger partial charge in [-0.1, -0.05) is 0 Å². The van der Waals surface area contributed by atoms with Gasteiger partial charge in [-0.3, -0.25) is 9.78 Å². The molecule has 2 rings (SSSR count). The molecular formula is C11H10ClF3N2O. The molecule has 3 nitrogen and oxygen atoms in total. The van der Waals surface area contributed by atoms with E-state index >= 15 is 0 Å². The molecule has 0 aromatic carbocycles. The minimum absolute atomic E-state index is 0.00812. The second-order valence-corrected chi connectivity index (χ2v) is 4.68. The number of amides is 1. The molecule has 1 aliphatic heterocycles. The van der Waals surface area contributed by atoms with Gasteiger partial charge in [0.15, 0.2) is 0 Å². The highest BCUT2D eigenvalue weighted by atomic mass is 35.5. The predicted molar refractivity (Wildman–Crippen MR) is 59.4 cm³/mol.